The average molecular weight is 659 g/mol. The maximum Gasteiger partial charge on any atom is 0.321 e. The molecule has 3 aliphatic rings. The van der Waals surface area contributed by atoms with E-state index in [1.165, 1.54) is 23.7 Å². The van der Waals surface area contributed by atoms with E-state index in [-0.39, 0.29) is 23.6 Å². The first-order valence-electron chi connectivity index (χ1n) is 18.6. The summed E-state index contributed by atoms with van der Waals surface area (Å²) in [6.45, 7) is 10.3. The Kier molecular flexibility index (Phi) is 11.9. The van der Waals surface area contributed by atoms with Gasteiger partial charge in [-0.3, -0.25) is 14.4 Å². The molecule has 48 heavy (non-hydrogen) atoms. The van der Waals surface area contributed by atoms with Crippen molar-refractivity contribution in [2.24, 2.45) is 11.8 Å². The van der Waals surface area contributed by atoms with Crippen LogP contribution in [0.4, 0.5) is 4.39 Å². The predicted molar refractivity (Wildman–Crippen MR) is 188 cm³/mol. The molecule has 2 aromatic carbocycles. The molecule has 0 amide bonds. The number of ether oxygens (including phenoxy) is 1. The van der Waals surface area contributed by atoms with E-state index in [1.807, 2.05) is 6.07 Å². The number of hydrogen-bond donors (Lipinski definition) is 1. The zero-order chi connectivity index (χ0) is 33.5. The quantitative estimate of drug-likeness (QED) is 0.179. The Morgan fingerprint density at radius 2 is 1.77 bits per heavy atom. The third-order valence-corrected chi connectivity index (χ3v) is 11.2. The first-order chi connectivity index (χ1) is 23.4. The molecule has 1 aliphatic carbocycles. The van der Waals surface area contributed by atoms with Gasteiger partial charge >= 0.3 is 5.97 Å². The minimum absolute atomic E-state index is 0.130. The third-order valence-electron chi connectivity index (χ3n) is 11.2. The molecule has 3 atom stereocenters. The smallest absolute Gasteiger partial charge is 0.321 e. The van der Waals surface area contributed by atoms with Crippen LogP contribution in [0.2, 0.25) is 0 Å². The van der Waals surface area contributed by atoms with E-state index in [9.17, 15) is 14.3 Å². The number of halogens is 1. The summed E-state index contributed by atoms with van der Waals surface area (Å²) >= 11 is 0. The monoisotopic (exact) mass is 658 g/mol. The summed E-state index contributed by atoms with van der Waals surface area (Å²) < 4.78 is 22.4. The van der Waals surface area contributed by atoms with Crippen molar-refractivity contribution in [2.75, 3.05) is 39.3 Å². The summed E-state index contributed by atoms with van der Waals surface area (Å²) in [5.74, 6) is 1.09. The van der Waals surface area contributed by atoms with Gasteiger partial charge in [0.05, 0.1) is 12.3 Å². The van der Waals surface area contributed by atoms with Crippen LogP contribution in [0, 0.1) is 17.7 Å². The first kappa shape index (κ1) is 34.6. The number of unbranched alkanes of at least 4 members (excludes halogenated alkanes) is 1. The fraction of sp³-hybridized carbons (Fsp3) is 0.600. The molecule has 1 saturated carbocycles. The number of nitrogens with zero attached hydrogens (tertiary/aromatic N) is 4. The Balaban J connectivity index is 1.09. The number of carboxylic acid groups (broad SMARTS) is 1. The number of carboxylic acids is 1. The summed E-state index contributed by atoms with van der Waals surface area (Å²) in [7, 11) is 0. The molecule has 0 bridgehead atoms. The number of aryl methyl sites for hydroxylation is 1. The number of hydrogen-bond acceptors (Lipinski definition) is 5. The van der Waals surface area contributed by atoms with Crippen LogP contribution in [0.3, 0.4) is 0 Å². The number of rotatable bonds is 14. The number of carbonyl (C=O) groups is 1. The van der Waals surface area contributed by atoms with Gasteiger partial charge in [-0.05, 0) is 105 Å². The lowest BCUT2D eigenvalue weighted by molar-refractivity contribution is -0.145. The number of aromatic nitrogens is 2. The lowest BCUT2D eigenvalue weighted by Crippen LogP contribution is -2.46. The molecule has 1 N–H and O–H groups in total. The lowest BCUT2D eigenvalue weighted by Gasteiger charge is -2.35. The second-order valence-electron chi connectivity index (χ2n) is 14.5. The van der Waals surface area contributed by atoms with Gasteiger partial charge in [0, 0.05) is 50.1 Å². The molecule has 7 nitrogen and oxygen atoms in total. The topological polar surface area (TPSA) is 70.8 Å². The van der Waals surface area contributed by atoms with E-state index in [0.29, 0.717) is 12.5 Å². The summed E-state index contributed by atoms with van der Waals surface area (Å²) in [6, 6.07) is 17.3. The third kappa shape index (κ3) is 8.49. The maximum atomic E-state index is 14.4. The molecule has 0 unspecified atom stereocenters. The predicted octanol–water partition coefficient (Wildman–Crippen LogP) is 7.74. The van der Waals surface area contributed by atoms with Crippen molar-refractivity contribution in [1.82, 2.24) is 19.6 Å². The maximum absolute atomic E-state index is 14.4. The van der Waals surface area contributed by atoms with Crippen LogP contribution in [-0.4, -0.2) is 76.0 Å². The summed E-state index contributed by atoms with van der Waals surface area (Å²) in [5, 5.41) is 15.4. The molecule has 1 aromatic heterocycles. The molecule has 0 spiro atoms. The van der Waals surface area contributed by atoms with Gasteiger partial charge in [0.1, 0.15) is 17.6 Å². The Morgan fingerprint density at radius 1 is 1.00 bits per heavy atom. The van der Waals surface area contributed by atoms with Crippen molar-refractivity contribution in [3.8, 4) is 5.75 Å². The van der Waals surface area contributed by atoms with Crippen molar-refractivity contribution in [3.63, 3.8) is 0 Å². The van der Waals surface area contributed by atoms with E-state index in [1.54, 1.807) is 12.1 Å². The number of benzene rings is 2. The molecule has 2 saturated heterocycles. The average Bonchev–Trinajstić information content (AvgIpc) is 3.70. The Morgan fingerprint density at radius 3 is 2.46 bits per heavy atom. The van der Waals surface area contributed by atoms with Gasteiger partial charge in [0.25, 0.3) is 0 Å². The van der Waals surface area contributed by atoms with Crippen molar-refractivity contribution in [1.29, 1.82) is 0 Å². The van der Waals surface area contributed by atoms with Crippen LogP contribution in [0.25, 0.3) is 0 Å². The van der Waals surface area contributed by atoms with E-state index in [2.05, 4.69) is 58.7 Å². The van der Waals surface area contributed by atoms with Crippen LogP contribution in [0.1, 0.15) is 106 Å². The zero-order valence-corrected chi connectivity index (χ0v) is 29.0. The normalized spacial score (nSPS) is 22.2. The highest BCUT2D eigenvalue weighted by atomic mass is 19.1. The van der Waals surface area contributed by atoms with Crippen LogP contribution in [0.15, 0.2) is 54.6 Å². The second kappa shape index (κ2) is 16.4. The van der Waals surface area contributed by atoms with E-state index >= 15 is 0 Å². The Hall–Kier alpha value is -3.23. The molecule has 3 fully saturated rings. The second-order valence-corrected chi connectivity index (χ2v) is 14.5. The lowest BCUT2D eigenvalue weighted by atomic mass is 9.83. The Bertz CT molecular complexity index is 1460. The van der Waals surface area contributed by atoms with Gasteiger partial charge in [0.2, 0.25) is 0 Å². The van der Waals surface area contributed by atoms with Gasteiger partial charge < -0.3 is 14.7 Å². The molecule has 2 aliphatic heterocycles. The van der Waals surface area contributed by atoms with Crippen molar-refractivity contribution >= 4 is 5.97 Å². The first-order valence-corrected chi connectivity index (χ1v) is 18.6. The fourth-order valence-corrected chi connectivity index (χ4v) is 8.68. The van der Waals surface area contributed by atoms with Crippen LogP contribution >= 0.6 is 0 Å². The largest absolute Gasteiger partial charge is 0.494 e. The summed E-state index contributed by atoms with van der Waals surface area (Å²) in [5.41, 5.74) is 4.70. The van der Waals surface area contributed by atoms with Crippen molar-refractivity contribution < 1.29 is 19.0 Å². The van der Waals surface area contributed by atoms with Gasteiger partial charge in [-0.2, -0.15) is 5.10 Å². The minimum atomic E-state index is -0.693. The molecule has 260 valence electrons. The minimum Gasteiger partial charge on any atom is -0.494 e. The van der Waals surface area contributed by atoms with Gasteiger partial charge in [-0.1, -0.05) is 56.9 Å². The van der Waals surface area contributed by atoms with Gasteiger partial charge in [-0.25, -0.2) is 4.39 Å². The fourth-order valence-electron chi connectivity index (χ4n) is 8.68. The molecule has 0 radical (unpaired) electrons. The number of aliphatic carboxylic acids is 1. The van der Waals surface area contributed by atoms with Crippen molar-refractivity contribution in [2.45, 2.75) is 102 Å². The SMILES string of the molecule is CCCCOc1ccc(Cc2cc(C3CCN(C[C@H]4CN([C@@H](C(=O)O)C5CCCCC5)C[C@@H]4c4cccc(F)c4)CC3)n(CC)n2)cc1. The highest BCUT2D eigenvalue weighted by Gasteiger charge is 2.43. The van der Waals surface area contributed by atoms with E-state index < -0.39 is 12.0 Å². The van der Waals surface area contributed by atoms with Gasteiger partial charge in [0.15, 0.2) is 0 Å². The van der Waals surface area contributed by atoms with Gasteiger partial charge in [-0.15, -0.1) is 0 Å². The van der Waals surface area contributed by atoms with Crippen molar-refractivity contribution in [3.05, 3.63) is 82.9 Å². The molecule has 8 heteroatoms. The van der Waals surface area contributed by atoms with E-state index in [0.717, 1.165) is 114 Å². The van der Waals surface area contributed by atoms with Crippen LogP contribution in [0.5, 0.6) is 5.75 Å². The molecular formula is C40H55FN4O3. The number of likely N-dealkylation sites (tertiary alicyclic amines) is 2. The molecular weight excluding hydrogens is 603 g/mol. The molecule has 6 rings (SSSR count). The Labute approximate surface area is 286 Å². The molecule has 3 heterocycles. The van der Waals surface area contributed by atoms with Crippen LogP contribution < -0.4 is 4.74 Å². The highest BCUT2D eigenvalue weighted by Crippen LogP contribution is 2.39. The van der Waals surface area contributed by atoms with Crippen LogP contribution in [-0.2, 0) is 17.8 Å². The zero-order valence-electron chi connectivity index (χ0n) is 29.0. The standard InChI is InChI=1S/C40H55FN4O3/c1-3-5-22-48-36-16-14-29(15-17-36)23-35-25-38(45(4-2)42-35)30-18-20-43(21-19-30)26-33-27-44(28-37(33)32-12-9-13-34(41)24-32)39(40(46)47)31-10-7-6-8-11-31/h9,12-17,24-25,30-31,33,37,39H,3-8,10-11,18-23,26-28H2,1-2H3,(H,46,47)/t33-,37+,39+/m0/s1. The highest BCUT2D eigenvalue weighted by molar-refractivity contribution is 5.74. The summed E-state index contributed by atoms with van der Waals surface area (Å²) in [4.78, 5) is 17.5. The van der Waals surface area contributed by atoms with E-state index in [4.69, 9.17) is 9.84 Å². The molecule has 3 aromatic rings. The summed E-state index contributed by atoms with van der Waals surface area (Å²) in [6.07, 6.45) is 10.6. The number of piperidine rings is 1.